The van der Waals surface area contributed by atoms with Crippen LogP contribution in [0.5, 0.6) is 0 Å². The van der Waals surface area contributed by atoms with Gasteiger partial charge in [-0.3, -0.25) is 9.69 Å². The number of anilines is 1. The van der Waals surface area contributed by atoms with Crippen LogP contribution in [-0.4, -0.2) is 43.0 Å². The topological polar surface area (TPSA) is 36.4 Å². The third-order valence-corrected chi connectivity index (χ3v) is 5.87. The molecular formula is C17H18Cl2FN3OS2. The molecule has 1 amide bonds. The number of amides is 1. The summed E-state index contributed by atoms with van der Waals surface area (Å²) in [6, 6.07) is 8.25. The van der Waals surface area contributed by atoms with Crippen molar-refractivity contribution >= 4 is 67.9 Å². The Balaban J connectivity index is 0.00000243. The third kappa shape index (κ3) is 4.72. The quantitative estimate of drug-likeness (QED) is 0.537. The molecule has 1 aromatic carbocycles. The van der Waals surface area contributed by atoms with Crippen LogP contribution in [0.1, 0.15) is 16.1 Å². The monoisotopic (exact) mass is 433 g/mol. The van der Waals surface area contributed by atoms with Crippen molar-refractivity contribution in [2.24, 2.45) is 0 Å². The van der Waals surface area contributed by atoms with Crippen LogP contribution in [0.3, 0.4) is 0 Å². The molecule has 9 heteroatoms. The van der Waals surface area contributed by atoms with Gasteiger partial charge in [0, 0.05) is 6.54 Å². The molecule has 0 aliphatic rings. The second-order valence-electron chi connectivity index (χ2n) is 5.80. The molecule has 3 rings (SSSR count). The van der Waals surface area contributed by atoms with Gasteiger partial charge in [-0.15, -0.1) is 23.7 Å². The number of hydrogen-bond acceptors (Lipinski definition) is 5. The van der Waals surface area contributed by atoms with Gasteiger partial charge in [0.1, 0.15) is 11.3 Å². The number of carbonyl (C=O) groups is 1. The van der Waals surface area contributed by atoms with Crippen molar-refractivity contribution in [3.05, 3.63) is 45.4 Å². The number of carbonyl (C=O) groups excluding carboxylic acids is 1. The number of halogens is 3. The normalized spacial score (nSPS) is 11.0. The smallest absolute Gasteiger partial charge is 0.270 e. The lowest BCUT2D eigenvalue weighted by atomic mass is 10.3. The van der Waals surface area contributed by atoms with E-state index in [1.165, 1.54) is 28.7 Å². The van der Waals surface area contributed by atoms with E-state index in [1.807, 2.05) is 20.2 Å². The van der Waals surface area contributed by atoms with Gasteiger partial charge in [0.2, 0.25) is 0 Å². The van der Waals surface area contributed by atoms with Crippen LogP contribution in [0, 0.1) is 5.82 Å². The molecule has 0 spiro atoms. The first-order chi connectivity index (χ1) is 12.0. The van der Waals surface area contributed by atoms with Crippen molar-refractivity contribution in [2.45, 2.75) is 6.42 Å². The zero-order chi connectivity index (χ0) is 18.0. The number of fused-ring (bicyclic) bond motifs is 1. The molecule has 0 aliphatic heterocycles. The summed E-state index contributed by atoms with van der Waals surface area (Å²) in [5, 5.41) is 0.508. The van der Waals surface area contributed by atoms with Crippen molar-refractivity contribution < 1.29 is 9.18 Å². The first-order valence-corrected chi connectivity index (χ1v) is 9.74. The summed E-state index contributed by atoms with van der Waals surface area (Å²) in [5.74, 6) is -0.532. The van der Waals surface area contributed by atoms with E-state index in [1.54, 1.807) is 23.1 Å². The molecule has 0 saturated heterocycles. The molecule has 0 unspecified atom stereocenters. The summed E-state index contributed by atoms with van der Waals surface area (Å²) in [5.41, 5.74) is 0.303. The number of thiazole rings is 1. The molecule has 26 heavy (non-hydrogen) atoms. The predicted octanol–water partition coefficient (Wildman–Crippen LogP) is 5.17. The van der Waals surface area contributed by atoms with E-state index in [-0.39, 0.29) is 24.1 Å². The van der Waals surface area contributed by atoms with Crippen LogP contribution in [0.25, 0.3) is 10.2 Å². The minimum absolute atomic E-state index is 0. The first-order valence-electron chi connectivity index (χ1n) is 7.72. The Morgan fingerprint density at radius 3 is 2.58 bits per heavy atom. The fraction of sp³-hybridized carbons (Fsp3) is 0.294. The summed E-state index contributed by atoms with van der Waals surface area (Å²) < 4.78 is 15.3. The molecule has 0 bridgehead atoms. The van der Waals surface area contributed by atoms with E-state index in [4.69, 9.17) is 11.6 Å². The largest absolute Gasteiger partial charge is 0.309 e. The van der Waals surface area contributed by atoms with E-state index in [0.29, 0.717) is 26.4 Å². The summed E-state index contributed by atoms with van der Waals surface area (Å²) in [6.45, 7) is 1.35. The highest BCUT2D eigenvalue weighted by Crippen LogP contribution is 2.32. The van der Waals surface area contributed by atoms with Crippen LogP contribution < -0.4 is 4.90 Å². The molecule has 0 aliphatic carbocycles. The van der Waals surface area contributed by atoms with Crippen molar-refractivity contribution in [3.8, 4) is 0 Å². The maximum absolute atomic E-state index is 14.0. The van der Waals surface area contributed by atoms with Crippen LogP contribution in [0.15, 0.2) is 30.3 Å². The van der Waals surface area contributed by atoms with Gasteiger partial charge in [-0.05, 0) is 51.3 Å². The molecule has 2 heterocycles. The van der Waals surface area contributed by atoms with Crippen LogP contribution in [-0.2, 0) is 0 Å². The van der Waals surface area contributed by atoms with Crippen LogP contribution >= 0.6 is 46.7 Å². The molecule has 0 fully saturated rings. The van der Waals surface area contributed by atoms with E-state index < -0.39 is 0 Å². The van der Waals surface area contributed by atoms with Crippen molar-refractivity contribution in [1.29, 1.82) is 0 Å². The van der Waals surface area contributed by atoms with E-state index in [0.717, 1.165) is 17.7 Å². The number of thiophene rings is 1. The first kappa shape index (κ1) is 21.1. The number of nitrogens with zero attached hydrogens (tertiary/aromatic N) is 3. The van der Waals surface area contributed by atoms with Crippen molar-refractivity contribution in [3.63, 3.8) is 0 Å². The Bertz CT molecular complexity index is 897. The summed E-state index contributed by atoms with van der Waals surface area (Å²) in [7, 11) is 3.97. The molecule has 3 aromatic rings. The fourth-order valence-corrected chi connectivity index (χ4v) is 4.41. The van der Waals surface area contributed by atoms with Crippen molar-refractivity contribution in [2.75, 3.05) is 32.1 Å². The van der Waals surface area contributed by atoms with Gasteiger partial charge in [-0.1, -0.05) is 29.0 Å². The molecule has 140 valence electrons. The second-order valence-corrected chi connectivity index (χ2v) is 8.52. The molecular weight excluding hydrogens is 416 g/mol. The molecule has 0 radical (unpaired) electrons. The SMILES string of the molecule is CN(C)CCCN(C(=O)c1ccc(Cl)s1)c1nc2c(F)cccc2s1.Cl. The highest BCUT2D eigenvalue weighted by atomic mass is 35.5. The van der Waals surface area contributed by atoms with E-state index >= 15 is 0 Å². The molecule has 0 N–H and O–H groups in total. The lowest BCUT2D eigenvalue weighted by molar-refractivity contribution is 0.0990. The van der Waals surface area contributed by atoms with Crippen LogP contribution in [0.2, 0.25) is 4.34 Å². The lowest BCUT2D eigenvalue weighted by Gasteiger charge is -2.20. The van der Waals surface area contributed by atoms with Gasteiger partial charge in [-0.2, -0.15) is 0 Å². The molecule has 2 aromatic heterocycles. The summed E-state index contributed by atoms with van der Waals surface area (Å²) >= 11 is 8.52. The zero-order valence-electron chi connectivity index (χ0n) is 14.2. The van der Waals surface area contributed by atoms with Gasteiger partial charge in [0.25, 0.3) is 5.91 Å². The van der Waals surface area contributed by atoms with E-state index in [9.17, 15) is 9.18 Å². The molecule has 0 atom stereocenters. The predicted molar refractivity (Wildman–Crippen MR) is 111 cm³/mol. The fourth-order valence-electron chi connectivity index (χ4n) is 2.41. The third-order valence-electron chi connectivity index (χ3n) is 3.61. The van der Waals surface area contributed by atoms with Gasteiger partial charge in [-0.25, -0.2) is 9.37 Å². The Morgan fingerprint density at radius 2 is 1.96 bits per heavy atom. The highest BCUT2D eigenvalue weighted by molar-refractivity contribution is 7.22. The number of benzene rings is 1. The van der Waals surface area contributed by atoms with Gasteiger partial charge in [0.05, 0.1) is 13.9 Å². The zero-order valence-corrected chi connectivity index (χ0v) is 17.4. The Kier molecular flexibility index (Phi) is 7.37. The van der Waals surface area contributed by atoms with Crippen molar-refractivity contribution in [1.82, 2.24) is 9.88 Å². The minimum Gasteiger partial charge on any atom is -0.309 e. The molecule has 4 nitrogen and oxygen atoms in total. The summed E-state index contributed by atoms with van der Waals surface area (Å²) in [6.07, 6.45) is 0.788. The van der Waals surface area contributed by atoms with Gasteiger partial charge >= 0.3 is 0 Å². The molecule has 0 saturated carbocycles. The average molecular weight is 434 g/mol. The maximum atomic E-state index is 14.0. The van der Waals surface area contributed by atoms with Gasteiger partial charge < -0.3 is 4.90 Å². The number of para-hydroxylation sites is 1. The van der Waals surface area contributed by atoms with Gasteiger partial charge in [0.15, 0.2) is 5.13 Å². The summed E-state index contributed by atoms with van der Waals surface area (Å²) in [4.78, 5) is 21.5. The number of aromatic nitrogens is 1. The Morgan fingerprint density at radius 1 is 1.19 bits per heavy atom. The van der Waals surface area contributed by atoms with Crippen LogP contribution in [0.4, 0.5) is 9.52 Å². The van der Waals surface area contributed by atoms with E-state index in [2.05, 4.69) is 9.88 Å². The number of rotatable bonds is 6. The standard InChI is InChI=1S/C17H17ClFN3OS2.ClH/c1-21(2)9-4-10-22(16(23)13-7-8-14(18)24-13)17-20-15-11(19)5-3-6-12(15)25-17;/h3,5-8H,4,9-10H2,1-2H3;1H. The Hall–Kier alpha value is -1.25. The minimum atomic E-state index is -0.375. The Labute approximate surface area is 170 Å². The second kappa shape index (κ2) is 9.10. The highest BCUT2D eigenvalue weighted by Gasteiger charge is 2.23. The average Bonchev–Trinajstić information content (AvgIpc) is 3.18. The number of hydrogen-bond donors (Lipinski definition) is 0. The lowest BCUT2D eigenvalue weighted by Crippen LogP contribution is -2.32. The maximum Gasteiger partial charge on any atom is 0.270 e.